The normalized spacial score (nSPS) is 12.9. The molecule has 0 fully saturated rings. The summed E-state index contributed by atoms with van der Waals surface area (Å²) in [5.41, 5.74) is 0. The maximum absolute atomic E-state index is 13.4. The molecule has 13 nitrogen and oxygen atoms in total. The third-order valence-electron chi connectivity index (χ3n) is 8.59. The Kier molecular flexibility index (Phi) is 28.9. The van der Waals surface area contributed by atoms with Crippen molar-refractivity contribution in [2.75, 3.05) is 30.0 Å². The highest BCUT2D eigenvalue weighted by Crippen LogP contribution is 2.15. The van der Waals surface area contributed by atoms with Crippen molar-refractivity contribution in [1.82, 2.24) is 20.3 Å². The summed E-state index contributed by atoms with van der Waals surface area (Å²) in [5.74, 6) is -0.840. The average molecular weight is 756 g/mol. The minimum atomic E-state index is -1.03. The summed E-state index contributed by atoms with van der Waals surface area (Å²) in [5, 5.41) is 32.1. The molecule has 2 amide bonds. The van der Waals surface area contributed by atoms with Gasteiger partial charge in [-0.3, -0.25) is 19.2 Å². The molecule has 52 heavy (non-hydrogen) atoms. The fraction of sp³-hybridized carbons (Fsp3) is 0.842. The quantitative estimate of drug-likeness (QED) is 0.0446. The first kappa shape index (κ1) is 47.3. The second-order valence-electron chi connectivity index (χ2n) is 13.7. The predicted molar refractivity (Wildman–Crippen MR) is 206 cm³/mol. The molecule has 1 aromatic heterocycles. The first-order valence-corrected chi connectivity index (χ1v) is 21.1. The number of nitrogens with zero attached hydrogens (tertiary/aromatic N) is 3. The van der Waals surface area contributed by atoms with Gasteiger partial charge in [0.1, 0.15) is 18.8 Å². The first-order chi connectivity index (χ1) is 25.2. The van der Waals surface area contributed by atoms with Crippen LogP contribution in [0.25, 0.3) is 0 Å². The Bertz CT molecular complexity index is 1090. The summed E-state index contributed by atoms with van der Waals surface area (Å²) in [6.07, 6.45) is 19.3. The largest absolute Gasteiger partial charge is 0.462 e. The number of esters is 2. The van der Waals surface area contributed by atoms with Gasteiger partial charge in [-0.2, -0.15) is 11.8 Å². The van der Waals surface area contributed by atoms with Gasteiger partial charge >= 0.3 is 11.9 Å². The molecule has 0 aliphatic carbocycles. The van der Waals surface area contributed by atoms with E-state index in [9.17, 15) is 24.3 Å². The molecular weight excluding hydrogens is 687 g/mol. The molecule has 4 N–H and O–H groups in total. The van der Waals surface area contributed by atoms with Crippen molar-refractivity contribution < 1.29 is 38.9 Å². The Morgan fingerprint density at radius 3 is 1.88 bits per heavy atom. The number of hydrogen-bond acceptors (Lipinski definition) is 11. The van der Waals surface area contributed by atoms with Crippen molar-refractivity contribution in [3.63, 3.8) is 0 Å². The molecule has 1 heterocycles. The van der Waals surface area contributed by atoms with Crippen molar-refractivity contribution >= 4 is 41.3 Å². The van der Waals surface area contributed by atoms with Crippen molar-refractivity contribution in [1.29, 1.82) is 0 Å². The maximum Gasteiger partial charge on any atom is 0.306 e. The van der Waals surface area contributed by atoms with Crippen molar-refractivity contribution in [2.24, 2.45) is 0 Å². The lowest BCUT2D eigenvalue weighted by Crippen LogP contribution is -2.45. The molecule has 0 saturated carbocycles. The molecule has 0 aromatic carbocycles. The van der Waals surface area contributed by atoms with E-state index < -0.39 is 30.8 Å². The molecular formula is C38H69N5O8S. The number of nitrogens with one attached hydrogen (secondary N) is 2. The first-order valence-electron chi connectivity index (χ1n) is 19.9. The van der Waals surface area contributed by atoms with E-state index in [1.807, 2.05) is 0 Å². The summed E-state index contributed by atoms with van der Waals surface area (Å²) in [6.45, 7) is 5.96. The van der Waals surface area contributed by atoms with E-state index in [4.69, 9.17) is 14.6 Å². The van der Waals surface area contributed by atoms with Gasteiger partial charge in [-0.25, -0.2) is 4.68 Å². The molecule has 1 aromatic rings. The Labute approximate surface area is 316 Å². The number of carbonyl (C=O) groups is 4. The van der Waals surface area contributed by atoms with E-state index in [0.29, 0.717) is 12.8 Å². The number of aromatic nitrogens is 3. The monoisotopic (exact) mass is 755 g/mol. The van der Waals surface area contributed by atoms with Gasteiger partial charge in [-0.05, 0) is 19.3 Å². The average Bonchev–Trinajstić information content (AvgIpc) is 3.56. The van der Waals surface area contributed by atoms with Crippen LogP contribution < -0.4 is 10.6 Å². The highest BCUT2D eigenvalue weighted by molar-refractivity contribution is 7.99. The Hall–Kier alpha value is -2.71. The Balaban J connectivity index is 2.85. The van der Waals surface area contributed by atoms with E-state index in [-0.39, 0.29) is 54.7 Å². The van der Waals surface area contributed by atoms with Crippen molar-refractivity contribution in [3.05, 3.63) is 6.20 Å². The highest BCUT2D eigenvalue weighted by atomic mass is 32.2. The van der Waals surface area contributed by atoms with Gasteiger partial charge in [0, 0.05) is 30.8 Å². The van der Waals surface area contributed by atoms with Crippen LogP contribution in [-0.4, -0.2) is 91.9 Å². The zero-order valence-corrected chi connectivity index (χ0v) is 33.1. The van der Waals surface area contributed by atoms with Crippen LogP contribution in [0.15, 0.2) is 6.20 Å². The second kappa shape index (κ2) is 31.8. The van der Waals surface area contributed by atoms with E-state index in [1.165, 1.54) is 41.9 Å². The fourth-order valence-corrected chi connectivity index (χ4v) is 6.52. The predicted octanol–water partition coefficient (Wildman–Crippen LogP) is 6.49. The lowest BCUT2D eigenvalue weighted by Gasteiger charge is -2.21. The van der Waals surface area contributed by atoms with E-state index >= 15 is 0 Å². The summed E-state index contributed by atoms with van der Waals surface area (Å²) in [4.78, 5) is 51.6. The zero-order chi connectivity index (χ0) is 38.2. The summed E-state index contributed by atoms with van der Waals surface area (Å²) in [7, 11) is 0. The number of unbranched alkanes of at least 4 members (excludes halogenated alkanes) is 15. The Morgan fingerprint density at radius 2 is 1.31 bits per heavy atom. The van der Waals surface area contributed by atoms with Gasteiger partial charge in [0.25, 0.3) is 0 Å². The molecule has 300 valence electrons. The molecule has 0 saturated heterocycles. The van der Waals surface area contributed by atoms with Crippen LogP contribution in [0.2, 0.25) is 0 Å². The summed E-state index contributed by atoms with van der Waals surface area (Å²) >= 11 is 1.32. The second-order valence-corrected chi connectivity index (χ2v) is 14.7. The van der Waals surface area contributed by atoms with E-state index in [0.717, 1.165) is 96.3 Å². The smallest absolute Gasteiger partial charge is 0.306 e. The number of rotatable bonds is 34. The molecule has 1 rings (SSSR count). The lowest BCUT2D eigenvalue weighted by atomic mass is 10.1. The van der Waals surface area contributed by atoms with Gasteiger partial charge < -0.3 is 30.3 Å². The number of hydrogen-bond donors (Lipinski definition) is 4. The fourth-order valence-electron chi connectivity index (χ4n) is 5.48. The third kappa shape index (κ3) is 25.3. The van der Waals surface area contributed by atoms with Gasteiger partial charge in [0.15, 0.2) is 5.82 Å². The lowest BCUT2D eigenvalue weighted by molar-refractivity contribution is -0.157. The highest BCUT2D eigenvalue weighted by Gasteiger charge is 2.24. The standard InChI is InChI=1S/C38H69N5O8S/c1-4-7-10-13-16-19-22-35(46)39-33(38(49)40-34-26-43(42-41-34)25-31(45)27-44)30-52-29-32(51-37(48)24-21-18-15-12-9-6-3)28-50-36(47)23-20-17-14-11-8-5-2/h26,31-33,44-45H,4-25,27-30H2,1-3H3,(H,39,46)(H,40,49)/t31-,32-,33-/m1/s1. The van der Waals surface area contributed by atoms with Gasteiger partial charge in [0.2, 0.25) is 11.8 Å². The van der Waals surface area contributed by atoms with Crippen LogP contribution in [0.4, 0.5) is 5.82 Å². The summed E-state index contributed by atoms with van der Waals surface area (Å²) in [6, 6.07) is -0.930. The number of aliphatic hydroxyl groups is 2. The van der Waals surface area contributed by atoms with Gasteiger partial charge in [-0.1, -0.05) is 122 Å². The van der Waals surface area contributed by atoms with E-state index in [2.05, 4.69) is 41.7 Å². The molecule has 0 unspecified atom stereocenters. The van der Waals surface area contributed by atoms with E-state index in [1.54, 1.807) is 0 Å². The number of amides is 2. The SMILES string of the molecule is CCCCCCCCC(=O)N[C@H](CSC[C@@H](COC(=O)CCCCCCCC)OC(=O)CCCCCCCC)C(=O)Nc1cn(C[C@@H](O)CO)nn1. The van der Waals surface area contributed by atoms with Crippen LogP contribution in [-0.2, 0) is 35.2 Å². The topological polar surface area (TPSA) is 182 Å². The van der Waals surface area contributed by atoms with Gasteiger partial charge in [0.05, 0.1) is 25.5 Å². The molecule has 3 atom stereocenters. The van der Waals surface area contributed by atoms with Crippen molar-refractivity contribution in [3.8, 4) is 0 Å². The number of aliphatic hydroxyl groups excluding tert-OH is 2. The van der Waals surface area contributed by atoms with Gasteiger partial charge in [-0.15, -0.1) is 5.10 Å². The van der Waals surface area contributed by atoms with Crippen LogP contribution in [0.5, 0.6) is 0 Å². The van der Waals surface area contributed by atoms with Crippen LogP contribution in [0.3, 0.4) is 0 Å². The molecule has 0 bridgehead atoms. The zero-order valence-electron chi connectivity index (χ0n) is 32.3. The van der Waals surface area contributed by atoms with Crippen LogP contribution in [0, 0.1) is 0 Å². The maximum atomic E-state index is 13.4. The number of anilines is 1. The molecule has 0 spiro atoms. The number of thioether (sulfide) groups is 1. The number of carbonyl (C=O) groups excluding carboxylic acids is 4. The molecule has 0 aliphatic heterocycles. The number of ether oxygens (including phenoxy) is 2. The van der Waals surface area contributed by atoms with Crippen LogP contribution in [0.1, 0.15) is 156 Å². The molecule has 14 heteroatoms. The third-order valence-corrected chi connectivity index (χ3v) is 9.77. The molecule has 0 radical (unpaired) electrons. The minimum absolute atomic E-state index is 0.00383. The molecule has 0 aliphatic rings. The van der Waals surface area contributed by atoms with Crippen LogP contribution >= 0.6 is 11.8 Å². The van der Waals surface area contributed by atoms with Crippen molar-refractivity contribution in [2.45, 2.75) is 180 Å². The summed E-state index contributed by atoms with van der Waals surface area (Å²) < 4.78 is 12.6. The Morgan fingerprint density at radius 1 is 0.769 bits per heavy atom. The minimum Gasteiger partial charge on any atom is -0.462 e.